The summed E-state index contributed by atoms with van der Waals surface area (Å²) in [7, 11) is 2.02. The lowest BCUT2D eigenvalue weighted by Gasteiger charge is -2.23. The van der Waals surface area contributed by atoms with Crippen LogP contribution in [0.25, 0.3) is 0 Å². The van der Waals surface area contributed by atoms with Crippen molar-refractivity contribution in [3.8, 4) is 0 Å². The molecule has 0 bridgehead atoms. The minimum absolute atomic E-state index is 0.0710. The molecule has 1 saturated carbocycles. The van der Waals surface area contributed by atoms with Gasteiger partial charge in [0.05, 0.1) is 5.75 Å². The SMILES string of the molecule is CN1/C(=C\C(=O)CSc2nnc(N)n2C2CC2)C(C)(C)c2ccccc21. The average molecular weight is 369 g/mol. The third-order valence-corrected chi connectivity index (χ3v) is 6.15. The second-order valence-corrected chi connectivity index (χ2v) is 8.37. The maximum atomic E-state index is 12.6. The molecule has 0 radical (unpaired) electrons. The highest BCUT2D eigenvalue weighted by molar-refractivity contribution is 7.99. The Morgan fingerprint density at radius 3 is 2.77 bits per heavy atom. The summed E-state index contributed by atoms with van der Waals surface area (Å²) in [6, 6.07) is 8.70. The third-order valence-electron chi connectivity index (χ3n) is 5.18. The molecule has 26 heavy (non-hydrogen) atoms. The van der Waals surface area contributed by atoms with E-state index >= 15 is 0 Å². The van der Waals surface area contributed by atoms with Gasteiger partial charge in [0, 0.05) is 36.0 Å². The van der Waals surface area contributed by atoms with Crippen molar-refractivity contribution in [2.24, 2.45) is 0 Å². The Hall–Kier alpha value is -2.28. The predicted molar refractivity (Wildman–Crippen MR) is 104 cm³/mol. The molecule has 4 rings (SSSR count). The minimum atomic E-state index is -0.190. The molecule has 1 aliphatic carbocycles. The number of thioether (sulfide) groups is 1. The van der Waals surface area contributed by atoms with Crippen molar-refractivity contribution in [2.75, 3.05) is 23.4 Å². The van der Waals surface area contributed by atoms with E-state index in [9.17, 15) is 4.79 Å². The zero-order chi connectivity index (χ0) is 18.5. The van der Waals surface area contributed by atoms with Crippen molar-refractivity contribution in [2.45, 2.75) is 43.3 Å². The molecule has 2 heterocycles. The molecule has 1 fully saturated rings. The second kappa shape index (κ2) is 6.16. The summed E-state index contributed by atoms with van der Waals surface area (Å²) < 4.78 is 1.95. The Labute approximate surface area is 157 Å². The average Bonchev–Trinajstić information content (AvgIpc) is 3.36. The summed E-state index contributed by atoms with van der Waals surface area (Å²) in [6.07, 6.45) is 3.98. The standard InChI is InChI=1S/C19H23N5OS/c1-19(2)14-6-4-5-7-15(14)23(3)16(19)10-13(25)11-26-18-22-21-17(20)24(18)12-8-9-12/h4-7,10,12H,8-9,11H2,1-3H3,(H2,20,21)/b16-10-. The lowest BCUT2D eigenvalue weighted by atomic mass is 9.83. The maximum Gasteiger partial charge on any atom is 0.222 e. The number of likely N-dealkylation sites (N-methyl/N-ethyl adjacent to an activating group) is 1. The largest absolute Gasteiger partial charge is 0.368 e. The molecule has 0 unspecified atom stereocenters. The van der Waals surface area contributed by atoms with E-state index in [2.05, 4.69) is 41.1 Å². The van der Waals surface area contributed by atoms with Gasteiger partial charge in [0.2, 0.25) is 5.95 Å². The van der Waals surface area contributed by atoms with Crippen molar-refractivity contribution in [1.82, 2.24) is 14.8 Å². The van der Waals surface area contributed by atoms with Gasteiger partial charge in [-0.3, -0.25) is 9.36 Å². The Morgan fingerprint density at radius 1 is 1.35 bits per heavy atom. The first kappa shape index (κ1) is 17.1. The zero-order valence-electron chi connectivity index (χ0n) is 15.3. The molecule has 0 saturated heterocycles. The van der Waals surface area contributed by atoms with Gasteiger partial charge in [0.15, 0.2) is 10.9 Å². The number of ketones is 1. The first-order chi connectivity index (χ1) is 12.4. The highest BCUT2D eigenvalue weighted by atomic mass is 32.2. The van der Waals surface area contributed by atoms with E-state index in [1.807, 2.05) is 23.7 Å². The van der Waals surface area contributed by atoms with E-state index in [1.165, 1.54) is 17.3 Å². The van der Waals surface area contributed by atoms with E-state index in [-0.39, 0.29) is 11.2 Å². The van der Waals surface area contributed by atoms with Crippen molar-refractivity contribution in [3.05, 3.63) is 41.6 Å². The number of carbonyl (C=O) groups is 1. The Balaban J connectivity index is 1.51. The first-order valence-corrected chi connectivity index (χ1v) is 9.79. The van der Waals surface area contributed by atoms with Crippen LogP contribution in [0.5, 0.6) is 0 Å². The Kier molecular flexibility index (Phi) is 4.06. The number of hydrogen-bond donors (Lipinski definition) is 1. The molecular weight excluding hydrogens is 346 g/mol. The van der Waals surface area contributed by atoms with Crippen LogP contribution < -0.4 is 10.6 Å². The van der Waals surface area contributed by atoms with Crippen LogP contribution in [0.4, 0.5) is 11.6 Å². The van der Waals surface area contributed by atoms with Gasteiger partial charge in [-0.05, 0) is 24.5 Å². The molecule has 0 atom stereocenters. The van der Waals surface area contributed by atoms with E-state index < -0.39 is 0 Å². The second-order valence-electron chi connectivity index (χ2n) is 7.43. The number of carbonyl (C=O) groups excluding carboxylic acids is 1. The van der Waals surface area contributed by atoms with Crippen LogP contribution in [0, 0.1) is 0 Å². The topological polar surface area (TPSA) is 77.0 Å². The third kappa shape index (κ3) is 2.80. The summed E-state index contributed by atoms with van der Waals surface area (Å²) in [5.74, 6) is 0.837. The van der Waals surface area contributed by atoms with E-state index in [4.69, 9.17) is 5.73 Å². The lowest BCUT2D eigenvalue weighted by molar-refractivity contribution is -0.112. The number of nitrogens with two attached hydrogens (primary N) is 1. The molecule has 2 aromatic rings. The Bertz CT molecular complexity index is 897. The summed E-state index contributed by atoms with van der Waals surface area (Å²) in [4.78, 5) is 14.8. The number of benzene rings is 1. The predicted octanol–water partition coefficient (Wildman–Crippen LogP) is 3.17. The maximum absolute atomic E-state index is 12.6. The van der Waals surface area contributed by atoms with Crippen molar-refractivity contribution < 1.29 is 4.79 Å². The van der Waals surface area contributed by atoms with Crippen LogP contribution in [0.15, 0.2) is 41.2 Å². The van der Waals surface area contributed by atoms with Gasteiger partial charge >= 0.3 is 0 Å². The van der Waals surface area contributed by atoms with Gasteiger partial charge in [-0.1, -0.05) is 43.8 Å². The fourth-order valence-corrected chi connectivity index (χ4v) is 4.49. The molecule has 2 N–H and O–H groups in total. The molecule has 1 aliphatic heterocycles. The molecule has 1 aromatic heterocycles. The number of aromatic nitrogens is 3. The van der Waals surface area contributed by atoms with Gasteiger partial charge in [-0.15, -0.1) is 10.2 Å². The van der Waals surface area contributed by atoms with E-state index in [0.717, 1.165) is 29.4 Å². The van der Waals surface area contributed by atoms with Crippen LogP contribution in [-0.2, 0) is 10.2 Å². The number of nitrogen functional groups attached to an aromatic ring is 1. The molecular formula is C19H23N5OS. The normalized spacial score (nSPS) is 19.8. The van der Waals surface area contributed by atoms with E-state index in [1.54, 1.807) is 6.08 Å². The summed E-state index contributed by atoms with van der Waals surface area (Å²) in [5.41, 5.74) is 9.13. The highest BCUT2D eigenvalue weighted by Gasteiger charge is 2.38. The van der Waals surface area contributed by atoms with Crippen LogP contribution >= 0.6 is 11.8 Å². The number of nitrogens with zero attached hydrogens (tertiary/aromatic N) is 4. The van der Waals surface area contributed by atoms with Crippen molar-refractivity contribution >= 4 is 29.2 Å². The van der Waals surface area contributed by atoms with Crippen LogP contribution in [0.2, 0.25) is 0 Å². The van der Waals surface area contributed by atoms with Crippen molar-refractivity contribution in [1.29, 1.82) is 0 Å². The van der Waals surface area contributed by atoms with Gasteiger partial charge < -0.3 is 10.6 Å². The summed E-state index contributed by atoms with van der Waals surface area (Å²) in [6.45, 7) is 4.32. The first-order valence-electron chi connectivity index (χ1n) is 8.81. The fourth-order valence-electron chi connectivity index (χ4n) is 3.65. The van der Waals surface area contributed by atoms with Gasteiger partial charge in [0.1, 0.15) is 0 Å². The van der Waals surface area contributed by atoms with Crippen molar-refractivity contribution in [3.63, 3.8) is 0 Å². The molecule has 6 nitrogen and oxygen atoms in total. The number of para-hydroxylation sites is 1. The van der Waals surface area contributed by atoms with Crippen LogP contribution in [0.3, 0.4) is 0 Å². The minimum Gasteiger partial charge on any atom is -0.368 e. The van der Waals surface area contributed by atoms with Crippen LogP contribution in [0.1, 0.15) is 38.3 Å². The summed E-state index contributed by atoms with van der Waals surface area (Å²) in [5, 5.41) is 8.82. The number of fused-ring (bicyclic) bond motifs is 1. The molecule has 2 aliphatic rings. The van der Waals surface area contributed by atoms with Crippen LogP contribution in [-0.4, -0.2) is 33.3 Å². The number of hydrogen-bond acceptors (Lipinski definition) is 6. The fraction of sp³-hybridized carbons (Fsp3) is 0.421. The molecule has 1 aromatic carbocycles. The van der Waals surface area contributed by atoms with E-state index in [0.29, 0.717) is 17.7 Å². The molecule has 7 heteroatoms. The molecule has 136 valence electrons. The smallest absolute Gasteiger partial charge is 0.222 e. The number of rotatable bonds is 5. The molecule has 0 spiro atoms. The number of anilines is 2. The quantitative estimate of drug-likeness (QED) is 0.644. The zero-order valence-corrected chi connectivity index (χ0v) is 16.1. The van der Waals surface area contributed by atoms with Gasteiger partial charge in [0.25, 0.3) is 0 Å². The lowest BCUT2D eigenvalue weighted by Crippen LogP contribution is -2.24. The van der Waals surface area contributed by atoms with Gasteiger partial charge in [-0.25, -0.2) is 0 Å². The van der Waals surface area contributed by atoms with Gasteiger partial charge in [-0.2, -0.15) is 0 Å². The number of allylic oxidation sites excluding steroid dienone is 2. The monoisotopic (exact) mass is 369 g/mol. The Morgan fingerprint density at radius 2 is 2.08 bits per heavy atom. The highest BCUT2D eigenvalue weighted by Crippen LogP contribution is 2.46. The summed E-state index contributed by atoms with van der Waals surface area (Å²) >= 11 is 1.41. The molecule has 0 amide bonds.